The Morgan fingerprint density at radius 3 is 2.86 bits per heavy atom. The summed E-state index contributed by atoms with van der Waals surface area (Å²) in [6.07, 6.45) is 2.84. The number of aryl methyl sites for hydroxylation is 1. The lowest BCUT2D eigenvalue weighted by Crippen LogP contribution is -2.21. The van der Waals surface area contributed by atoms with Gasteiger partial charge >= 0.3 is 0 Å². The lowest BCUT2D eigenvalue weighted by atomic mass is 10.3. The van der Waals surface area contributed by atoms with Crippen molar-refractivity contribution in [1.82, 2.24) is 19.7 Å². The lowest BCUT2D eigenvalue weighted by Gasteiger charge is -2.09. The quantitative estimate of drug-likeness (QED) is 0.720. The molecule has 1 aromatic heterocycles. The van der Waals surface area contributed by atoms with Gasteiger partial charge in [0.25, 0.3) is 0 Å². The van der Waals surface area contributed by atoms with Crippen molar-refractivity contribution in [3.05, 3.63) is 6.33 Å². The molecule has 6 heteroatoms. The average molecular weight is 197 g/mol. The summed E-state index contributed by atoms with van der Waals surface area (Å²) in [7, 11) is 3.49. The van der Waals surface area contributed by atoms with Crippen molar-refractivity contribution in [2.24, 2.45) is 0 Å². The second-order valence-corrected chi connectivity index (χ2v) is 3.26. The van der Waals surface area contributed by atoms with Crippen molar-refractivity contribution in [1.29, 1.82) is 0 Å². The molecule has 1 aromatic rings. The van der Waals surface area contributed by atoms with E-state index in [-0.39, 0.29) is 11.9 Å². The van der Waals surface area contributed by atoms with Crippen molar-refractivity contribution in [2.45, 2.75) is 19.4 Å². The maximum Gasteiger partial charge on any atom is 0.239 e. The molecule has 0 aliphatic heterocycles. The van der Waals surface area contributed by atoms with Gasteiger partial charge < -0.3 is 10.6 Å². The van der Waals surface area contributed by atoms with E-state index in [0.29, 0.717) is 13.0 Å². The molecule has 0 aliphatic carbocycles. The third-order valence-electron chi connectivity index (χ3n) is 1.83. The van der Waals surface area contributed by atoms with Crippen LogP contribution in [0.2, 0.25) is 0 Å². The summed E-state index contributed by atoms with van der Waals surface area (Å²) in [5.41, 5.74) is 5.34. The number of hydrogen-bond acceptors (Lipinski definition) is 4. The van der Waals surface area contributed by atoms with Gasteiger partial charge in [-0.2, -0.15) is 0 Å². The van der Waals surface area contributed by atoms with Crippen LogP contribution in [0.5, 0.6) is 0 Å². The fourth-order valence-electron chi connectivity index (χ4n) is 1.03. The summed E-state index contributed by atoms with van der Waals surface area (Å²) < 4.78 is 1.64. The largest absolute Gasteiger partial charge is 0.367 e. The molecular formula is C8H15N5O. The van der Waals surface area contributed by atoms with Gasteiger partial charge in [0.05, 0.1) is 0 Å². The van der Waals surface area contributed by atoms with Crippen LogP contribution in [0.4, 0.5) is 5.95 Å². The standard InChI is InChI=1S/C8H15N5O/c1-12(2)7(14)4-3-5-13-6-10-8(9)11-13/h6H,3-5H2,1-2H3,(H2,9,11). The van der Waals surface area contributed by atoms with Gasteiger partial charge in [-0.3, -0.25) is 9.48 Å². The highest BCUT2D eigenvalue weighted by atomic mass is 16.2. The Labute approximate surface area is 82.7 Å². The molecule has 2 N–H and O–H groups in total. The van der Waals surface area contributed by atoms with Crippen LogP contribution in [0.3, 0.4) is 0 Å². The number of hydrogen-bond donors (Lipinski definition) is 1. The van der Waals surface area contributed by atoms with Gasteiger partial charge in [0.15, 0.2) is 0 Å². The van der Waals surface area contributed by atoms with E-state index in [0.717, 1.165) is 6.42 Å². The van der Waals surface area contributed by atoms with E-state index in [4.69, 9.17) is 5.73 Å². The third kappa shape index (κ3) is 3.04. The highest BCUT2D eigenvalue weighted by molar-refractivity contribution is 5.75. The lowest BCUT2D eigenvalue weighted by molar-refractivity contribution is -0.128. The summed E-state index contributed by atoms with van der Waals surface area (Å²) in [5, 5.41) is 3.91. The van der Waals surface area contributed by atoms with Crippen LogP contribution < -0.4 is 5.73 Å². The summed E-state index contributed by atoms with van der Waals surface area (Å²) in [6, 6.07) is 0. The first kappa shape index (κ1) is 10.5. The third-order valence-corrected chi connectivity index (χ3v) is 1.83. The first-order valence-electron chi connectivity index (χ1n) is 4.44. The number of anilines is 1. The number of rotatable bonds is 4. The Bertz CT molecular complexity index is 306. The van der Waals surface area contributed by atoms with Gasteiger partial charge in [0, 0.05) is 27.1 Å². The highest BCUT2D eigenvalue weighted by Crippen LogP contribution is 1.97. The van der Waals surface area contributed by atoms with Crippen LogP contribution in [0.1, 0.15) is 12.8 Å². The van der Waals surface area contributed by atoms with Crippen LogP contribution >= 0.6 is 0 Å². The Balaban J connectivity index is 2.25. The van der Waals surface area contributed by atoms with E-state index in [9.17, 15) is 4.79 Å². The fraction of sp³-hybridized carbons (Fsp3) is 0.625. The second-order valence-electron chi connectivity index (χ2n) is 3.26. The number of carbonyl (C=O) groups excluding carboxylic acids is 1. The molecule has 0 atom stereocenters. The van der Waals surface area contributed by atoms with Gasteiger partial charge in [-0.05, 0) is 6.42 Å². The molecule has 0 fully saturated rings. The van der Waals surface area contributed by atoms with Gasteiger partial charge in [0.2, 0.25) is 11.9 Å². The minimum absolute atomic E-state index is 0.123. The molecule has 14 heavy (non-hydrogen) atoms. The van der Waals surface area contributed by atoms with E-state index in [2.05, 4.69) is 10.1 Å². The molecule has 1 rings (SSSR count). The Morgan fingerprint density at radius 1 is 1.64 bits per heavy atom. The molecule has 0 bridgehead atoms. The van der Waals surface area contributed by atoms with Crippen molar-refractivity contribution in [3.8, 4) is 0 Å². The first-order valence-corrected chi connectivity index (χ1v) is 4.44. The van der Waals surface area contributed by atoms with Gasteiger partial charge in [-0.15, -0.1) is 5.10 Å². The van der Waals surface area contributed by atoms with Crippen LogP contribution in [0.25, 0.3) is 0 Å². The van der Waals surface area contributed by atoms with E-state index >= 15 is 0 Å². The molecule has 1 amide bonds. The highest BCUT2D eigenvalue weighted by Gasteiger charge is 2.03. The molecule has 0 aliphatic rings. The normalized spacial score (nSPS) is 10.1. The molecule has 0 radical (unpaired) electrons. The van der Waals surface area contributed by atoms with Gasteiger partial charge in [-0.25, -0.2) is 4.98 Å². The number of nitrogens with zero attached hydrogens (tertiary/aromatic N) is 4. The van der Waals surface area contributed by atoms with Crippen LogP contribution in [0, 0.1) is 0 Å². The minimum atomic E-state index is 0.123. The number of aromatic nitrogens is 3. The topological polar surface area (TPSA) is 77.0 Å². The van der Waals surface area contributed by atoms with Crippen molar-refractivity contribution in [3.63, 3.8) is 0 Å². The molecule has 78 valence electrons. The van der Waals surface area contributed by atoms with E-state index in [1.807, 2.05) is 0 Å². The van der Waals surface area contributed by atoms with Crippen LogP contribution in [-0.4, -0.2) is 39.7 Å². The smallest absolute Gasteiger partial charge is 0.239 e. The maximum atomic E-state index is 11.2. The summed E-state index contributed by atoms with van der Waals surface area (Å²) in [4.78, 5) is 16.6. The monoisotopic (exact) mass is 197 g/mol. The SMILES string of the molecule is CN(C)C(=O)CCCn1cnc(N)n1. The number of nitrogen functional groups attached to an aromatic ring is 1. The predicted molar refractivity (Wildman–Crippen MR) is 52.4 cm³/mol. The van der Waals surface area contributed by atoms with Crippen LogP contribution in [0.15, 0.2) is 6.33 Å². The Morgan fingerprint density at radius 2 is 2.36 bits per heavy atom. The zero-order valence-corrected chi connectivity index (χ0v) is 8.47. The molecule has 0 spiro atoms. The molecule has 0 saturated carbocycles. The summed E-state index contributed by atoms with van der Waals surface area (Å²) in [6.45, 7) is 0.670. The molecule has 6 nitrogen and oxygen atoms in total. The van der Waals surface area contributed by atoms with Crippen molar-refractivity contribution in [2.75, 3.05) is 19.8 Å². The zero-order valence-electron chi connectivity index (χ0n) is 8.47. The number of carbonyl (C=O) groups is 1. The van der Waals surface area contributed by atoms with E-state index < -0.39 is 0 Å². The molecule has 0 aromatic carbocycles. The fourth-order valence-corrected chi connectivity index (χ4v) is 1.03. The maximum absolute atomic E-state index is 11.2. The van der Waals surface area contributed by atoms with Gasteiger partial charge in [0.1, 0.15) is 6.33 Å². The Hall–Kier alpha value is -1.59. The number of nitrogens with two attached hydrogens (primary N) is 1. The molecule has 1 heterocycles. The summed E-state index contributed by atoms with van der Waals surface area (Å²) in [5.74, 6) is 0.391. The van der Waals surface area contributed by atoms with Crippen LogP contribution in [-0.2, 0) is 11.3 Å². The Kier molecular flexibility index (Phi) is 3.44. The van der Waals surface area contributed by atoms with Gasteiger partial charge in [-0.1, -0.05) is 0 Å². The molecule has 0 unspecified atom stereocenters. The van der Waals surface area contributed by atoms with E-state index in [1.54, 1.807) is 30.0 Å². The summed E-state index contributed by atoms with van der Waals surface area (Å²) >= 11 is 0. The number of amides is 1. The minimum Gasteiger partial charge on any atom is -0.367 e. The molecular weight excluding hydrogens is 182 g/mol. The van der Waals surface area contributed by atoms with Crippen molar-refractivity contribution >= 4 is 11.9 Å². The second kappa shape index (κ2) is 4.59. The van der Waals surface area contributed by atoms with Crippen molar-refractivity contribution < 1.29 is 4.79 Å². The zero-order chi connectivity index (χ0) is 10.6. The first-order chi connectivity index (χ1) is 6.59. The molecule has 0 saturated heterocycles. The van der Waals surface area contributed by atoms with E-state index in [1.165, 1.54) is 0 Å². The predicted octanol–water partition coefficient (Wildman–Crippen LogP) is -0.271. The average Bonchev–Trinajstić information content (AvgIpc) is 2.51.